The Bertz CT molecular complexity index is 636. The first kappa shape index (κ1) is 14.2. The summed E-state index contributed by atoms with van der Waals surface area (Å²) in [6.07, 6.45) is 0.479. The molecule has 4 heteroatoms. The molecule has 2 aromatic rings. The lowest BCUT2D eigenvalue weighted by Gasteiger charge is -2.07. The van der Waals surface area contributed by atoms with Crippen molar-refractivity contribution in [2.45, 2.75) is 19.8 Å². The second-order valence-corrected chi connectivity index (χ2v) is 4.72. The molecule has 0 saturated carbocycles. The fraction of sp³-hybridized carbons (Fsp3) is 0.188. The molecule has 0 fully saturated rings. The van der Waals surface area contributed by atoms with Crippen LogP contribution in [0.2, 0.25) is 0 Å². The minimum Gasteiger partial charge on any atom is -0.399 e. The molecule has 2 N–H and O–H groups in total. The van der Waals surface area contributed by atoms with Crippen LogP contribution in [0.1, 0.15) is 27.9 Å². The molecule has 2 nitrogen and oxygen atoms in total. The van der Waals surface area contributed by atoms with Gasteiger partial charge in [0, 0.05) is 12.1 Å². The van der Waals surface area contributed by atoms with Crippen LogP contribution < -0.4 is 5.73 Å². The summed E-state index contributed by atoms with van der Waals surface area (Å²) in [6, 6.07) is 9.49. The number of aryl methyl sites for hydroxylation is 2. The molecule has 0 aromatic heterocycles. The number of rotatable bonds is 4. The largest absolute Gasteiger partial charge is 0.399 e. The number of nitrogen functional groups attached to an aromatic ring is 1. The zero-order valence-corrected chi connectivity index (χ0v) is 11.1. The SMILES string of the molecule is Cc1ccc(F)c(C(=O)CCc2ccc(N)cc2)c1F. The van der Waals surface area contributed by atoms with E-state index >= 15 is 0 Å². The molecule has 0 unspecified atom stereocenters. The Hall–Kier alpha value is -2.23. The Kier molecular flexibility index (Phi) is 4.13. The number of nitrogens with two attached hydrogens (primary N) is 1. The Balaban J connectivity index is 2.13. The van der Waals surface area contributed by atoms with E-state index in [2.05, 4.69) is 0 Å². The van der Waals surface area contributed by atoms with Crippen LogP contribution in [0.5, 0.6) is 0 Å². The molecule has 0 heterocycles. The molecule has 0 bridgehead atoms. The highest BCUT2D eigenvalue weighted by molar-refractivity contribution is 5.96. The van der Waals surface area contributed by atoms with E-state index in [0.717, 1.165) is 11.6 Å². The first-order chi connectivity index (χ1) is 9.49. The van der Waals surface area contributed by atoms with Crippen molar-refractivity contribution in [3.8, 4) is 0 Å². The van der Waals surface area contributed by atoms with Crippen LogP contribution in [0.25, 0.3) is 0 Å². The number of hydrogen-bond donors (Lipinski definition) is 1. The summed E-state index contributed by atoms with van der Waals surface area (Å²) in [5.41, 5.74) is 6.92. The molecule has 0 saturated heterocycles. The smallest absolute Gasteiger partial charge is 0.169 e. The van der Waals surface area contributed by atoms with E-state index in [4.69, 9.17) is 5.73 Å². The highest BCUT2D eigenvalue weighted by atomic mass is 19.1. The molecule has 2 rings (SSSR count). The number of Topliss-reactive ketones (excluding diaryl/α,β-unsaturated/α-hetero) is 1. The van der Waals surface area contributed by atoms with Gasteiger partial charge in [-0.1, -0.05) is 18.2 Å². The first-order valence-corrected chi connectivity index (χ1v) is 6.31. The van der Waals surface area contributed by atoms with Crippen molar-refractivity contribution in [3.05, 3.63) is 64.7 Å². The van der Waals surface area contributed by atoms with Gasteiger partial charge in [0.25, 0.3) is 0 Å². The van der Waals surface area contributed by atoms with E-state index in [1.165, 1.54) is 13.0 Å². The summed E-state index contributed by atoms with van der Waals surface area (Å²) in [5, 5.41) is 0. The molecule has 2 aromatic carbocycles. The van der Waals surface area contributed by atoms with Crippen LogP contribution in [0.3, 0.4) is 0 Å². The first-order valence-electron chi connectivity index (χ1n) is 6.31. The molecule has 0 aliphatic heterocycles. The third-order valence-electron chi connectivity index (χ3n) is 3.18. The van der Waals surface area contributed by atoms with Crippen molar-refractivity contribution in [1.82, 2.24) is 0 Å². The number of benzene rings is 2. The summed E-state index contributed by atoms with van der Waals surface area (Å²) in [7, 11) is 0. The van der Waals surface area contributed by atoms with E-state index < -0.39 is 23.0 Å². The predicted octanol–water partition coefficient (Wildman–Crippen LogP) is 3.67. The average molecular weight is 275 g/mol. The van der Waals surface area contributed by atoms with Crippen molar-refractivity contribution >= 4 is 11.5 Å². The number of halogens is 2. The number of carbonyl (C=O) groups excluding carboxylic acids is 1. The summed E-state index contributed by atoms with van der Waals surface area (Å²) < 4.78 is 27.4. The third kappa shape index (κ3) is 3.02. The standard InChI is InChI=1S/C16H15F2NO/c1-10-2-8-13(17)15(16(10)18)14(20)9-5-11-3-6-12(19)7-4-11/h2-4,6-8H,5,9,19H2,1H3. The lowest BCUT2D eigenvalue weighted by atomic mass is 10.00. The van der Waals surface area contributed by atoms with Gasteiger partial charge in [0.05, 0.1) is 5.56 Å². The molecular formula is C16H15F2NO. The Labute approximate surface area is 116 Å². The monoisotopic (exact) mass is 275 g/mol. The summed E-state index contributed by atoms with van der Waals surface area (Å²) in [6.45, 7) is 1.51. The fourth-order valence-electron chi connectivity index (χ4n) is 1.98. The highest BCUT2D eigenvalue weighted by Gasteiger charge is 2.18. The van der Waals surface area contributed by atoms with Gasteiger partial charge in [-0.05, 0) is 42.7 Å². The summed E-state index contributed by atoms with van der Waals surface area (Å²) >= 11 is 0. The maximum atomic E-state index is 13.8. The molecule has 0 aliphatic carbocycles. The number of ketones is 1. The van der Waals surface area contributed by atoms with Crippen molar-refractivity contribution < 1.29 is 13.6 Å². The maximum absolute atomic E-state index is 13.8. The van der Waals surface area contributed by atoms with Crippen LogP contribution in [0, 0.1) is 18.6 Å². The molecule has 0 amide bonds. The van der Waals surface area contributed by atoms with Gasteiger partial charge < -0.3 is 5.73 Å². The normalized spacial score (nSPS) is 10.6. The Morgan fingerprint density at radius 3 is 2.40 bits per heavy atom. The van der Waals surface area contributed by atoms with Gasteiger partial charge in [0.1, 0.15) is 11.6 Å². The minimum absolute atomic E-state index is 0.0568. The second-order valence-electron chi connectivity index (χ2n) is 4.72. The molecule has 0 spiro atoms. The fourth-order valence-corrected chi connectivity index (χ4v) is 1.98. The molecule has 20 heavy (non-hydrogen) atoms. The highest BCUT2D eigenvalue weighted by Crippen LogP contribution is 2.19. The van der Waals surface area contributed by atoms with Crippen LogP contribution in [0.4, 0.5) is 14.5 Å². The van der Waals surface area contributed by atoms with Crippen molar-refractivity contribution in [2.75, 3.05) is 5.73 Å². The Morgan fingerprint density at radius 1 is 1.10 bits per heavy atom. The molecule has 0 radical (unpaired) electrons. The summed E-state index contributed by atoms with van der Waals surface area (Å²) in [5.74, 6) is -2.11. The zero-order chi connectivity index (χ0) is 14.7. The minimum atomic E-state index is -0.810. The van der Waals surface area contributed by atoms with Gasteiger partial charge in [-0.15, -0.1) is 0 Å². The molecule has 0 atom stereocenters. The lowest BCUT2D eigenvalue weighted by Crippen LogP contribution is -2.08. The molecule has 0 aliphatic rings. The van der Waals surface area contributed by atoms with Crippen LogP contribution in [-0.2, 0) is 6.42 Å². The van der Waals surface area contributed by atoms with Crippen LogP contribution >= 0.6 is 0 Å². The molecular weight excluding hydrogens is 260 g/mol. The van der Waals surface area contributed by atoms with Gasteiger partial charge in [-0.2, -0.15) is 0 Å². The van der Waals surface area contributed by atoms with Crippen LogP contribution in [0.15, 0.2) is 36.4 Å². The summed E-state index contributed by atoms with van der Waals surface area (Å²) in [4.78, 5) is 12.0. The lowest BCUT2D eigenvalue weighted by molar-refractivity contribution is 0.0974. The number of hydrogen-bond acceptors (Lipinski definition) is 2. The van der Waals surface area contributed by atoms with Crippen molar-refractivity contribution in [2.24, 2.45) is 0 Å². The van der Waals surface area contributed by atoms with E-state index in [1.54, 1.807) is 24.3 Å². The van der Waals surface area contributed by atoms with Crippen molar-refractivity contribution in [3.63, 3.8) is 0 Å². The van der Waals surface area contributed by atoms with E-state index in [1.807, 2.05) is 0 Å². The van der Waals surface area contributed by atoms with Gasteiger partial charge in [0.15, 0.2) is 5.78 Å². The van der Waals surface area contributed by atoms with Gasteiger partial charge in [-0.3, -0.25) is 4.79 Å². The number of carbonyl (C=O) groups is 1. The zero-order valence-electron chi connectivity index (χ0n) is 11.1. The van der Waals surface area contributed by atoms with Crippen molar-refractivity contribution in [1.29, 1.82) is 0 Å². The Morgan fingerprint density at radius 2 is 1.75 bits per heavy atom. The predicted molar refractivity (Wildman–Crippen MR) is 74.6 cm³/mol. The second kappa shape index (κ2) is 5.82. The third-order valence-corrected chi connectivity index (χ3v) is 3.18. The van der Waals surface area contributed by atoms with E-state index in [-0.39, 0.29) is 12.0 Å². The van der Waals surface area contributed by atoms with Gasteiger partial charge >= 0.3 is 0 Å². The van der Waals surface area contributed by atoms with E-state index in [9.17, 15) is 13.6 Å². The average Bonchev–Trinajstić information content (AvgIpc) is 2.43. The topological polar surface area (TPSA) is 43.1 Å². The van der Waals surface area contributed by atoms with Gasteiger partial charge in [-0.25, -0.2) is 8.78 Å². The van der Waals surface area contributed by atoms with Crippen LogP contribution in [-0.4, -0.2) is 5.78 Å². The molecule has 104 valence electrons. The van der Waals surface area contributed by atoms with E-state index in [0.29, 0.717) is 12.1 Å². The maximum Gasteiger partial charge on any atom is 0.169 e. The van der Waals surface area contributed by atoms with Gasteiger partial charge in [0.2, 0.25) is 0 Å². The number of anilines is 1. The quantitative estimate of drug-likeness (QED) is 0.683.